The molecule has 2 aromatic rings. The highest BCUT2D eigenvalue weighted by atomic mass is 35.5. The lowest BCUT2D eigenvalue weighted by atomic mass is 10.2. The average molecular weight is 297 g/mol. The molecule has 0 aliphatic carbocycles. The number of carbonyl (C=O) groups is 1. The number of carbonyl (C=O) groups excluding carboxylic acids is 1. The second-order valence-electron chi connectivity index (χ2n) is 3.87. The summed E-state index contributed by atoms with van der Waals surface area (Å²) in [5.74, 6) is 1.17. The predicted octanol–water partition coefficient (Wildman–Crippen LogP) is 1.76. The highest BCUT2D eigenvalue weighted by Crippen LogP contribution is 2.34. The molecule has 8 heteroatoms. The number of nitrogens with one attached hydrogen (secondary N) is 2. The third kappa shape index (κ3) is 2.83. The van der Waals surface area contributed by atoms with Gasteiger partial charge in [0.2, 0.25) is 11.2 Å². The highest BCUT2D eigenvalue weighted by Gasteiger charge is 2.12. The van der Waals surface area contributed by atoms with Crippen LogP contribution in [-0.2, 0) is 4.79 Å². The van der Waals surface area contributed by atoms with Crippen LogP contribution in [0.5, 0.6) is 11.5 Å². The number of amides is 1. The van der Waals surface area contributed by atoms with E-state index in [0.717, 1.165) is 0 Å². The molecule has 1 aromatic carbocycles. The van der Waals surface area contributed by atoms with Crippen molar-refractivity contribution in [2.75, 3.05) is 19.6 Å². The fourth-order valence-corrected chi connectivity index (χ4v) is 1.85. The molecule has 0 saturated carbocycles. The number of aromatic nitrogens is 2. The Bertz CT molecular complexity index is 663. The summed E-state index contributed by atoms with van der Waals surface area (Å²) < 4.78 is 10.4. The summed E-state index contributed by atoms with van der Waals surface area (Å²) in [5, 5.41) is 0.693. The van der Waals surface area contributed by atoms with Crippen molar-refractivity contribution >= 4 is 34.2 Å². The molecule has 0 fully saturated rings. The smallest absolute Gasteiger partial charge is 0.235 e. The fraction of sp³-hybridized carbons (Fsp3) is 0.250. The predicted molar refractivity (Wildman–Crippen MR) is 75.1 cm³/mol. The third-order valence-electron chi connectivity index (χ3n) is 2.53. The highest BCUT2D eigenvalue weighted by molar-refractivity contribution is 6.28. The van der Waals surface area contributed by atoms with Crippen LogP contribution in [0.15, 0.2) is 12.1 Å². The Morgan fingerprint density at radius 1 is 1.20 bits per heavy atom. The maximum Gasteiger partial charge on any atom is 0.235 e. The van der Waals surface area contributed by atoms with E-state index in [1.807, 2.05) is 0 Å². The van der Waals surface area contributed by atoms with Gasteiger partial charge in [0.15, 0.2) is 17.3 Å². The number of ether oxygens (including phenoxy) is 2. The summed E-state index contributed by atoms with van der Waals surface area (Å²) in [4.78, 5) is 19.1. The van der Waals surface area contributed by atoms with Crippen molar-refractivity contribution in [1.29, 1.82) is 0 Å². The molecule has 0 unspecified atom stereocenters. The van der Waals surface area contributed by atoms with Crippen LogP contribution in [0.4, 0.5) is 5.82 Å². The number of hydrogen-bond donors (Lipinski definition) is 2. The second kappa shape index (κ2) is 5.79. The van der Waals surface area contributed by atoms with Crippen molar-refractivity contribution in [3.8, 4) is 11.5 Å². The zero-order valence-corrected chi connectivity index (χ0v) is 11.9. The van der Waals surface area contributed by atoms with Gasteiger partial charge >= 0.3 is 0 Å². The maximum absolute atomic E-state index is 11.0. The van der Waals surface area contributed by atoms with E-state index in [2.05, 4.69) is 20.8 Å². The van der Waals surface area contributed by atoms with Gasteiger partial charge in [0, 0.05) is 18.4 Å². The molecular weight excluding hydrogens is 284 g/mol. The summed E-state index contributed by atoms with van der Waals surface area (Å²) in [7, 11) is 3.06. The first-order valence-electron chi connectivity index (χ1n) is 5.67. The van der Waals surface area contributed by atoms with E-state index in [9.17, 15) is 4.79 Å². The lowest BCUT2D eigenvalue weighted by Gasteiger charge is -2.12. The van der Waals surface area contributed by atoms with Crippen molar-refractivity contribution in [1.82, 2.24) is 15.4 Å². The van der Waals surface area contributed by atoms with Crippen molar-refractivity contribution in [3.05, 3.63) is 17.4 Å². The van der Waals surface area contributed by atoms with Crippen LogP contribution >= 0.6 is 11.6 Å². The minimum Gasteiger partial charge on any atom is -0.493 e. The van der Waals surface area contributed by atoms with Crippen LogP contribution in [0.1, 0.15) is 6.92 Å². The number of fused-ring (bicyclic) bond motifs is 1. The van der Waals surface area contributed by atoms with Gasteiger partial charge < -0.3 is 9.47 Å². The molecule has 1 aromatic heterocycles. The molecular formula is C12H13ClN4O3. The van der Waals surface area contributed by atoms with Gasteiger partial charge in [-0.1, -0.05) is 0 Å². The Hall–Kier alpha value is -2.28. The van der Waals surface area contributed by atoms with Crippen LogP contribution < -0.4 is 20.3 Å². The Morgan fingerprint density at radius 2 is 1.85 bits per heavy atom. The van der Waals surface area contributed by atoms with E-state index in [4.69, 9.17) is 21.1 Å². The number of nitrogens with zero attached hydrogens (tertiary/aromatic N) is 2. The van der Waals surface area contributed by atoms with E-state index in [0.29, 0.717) is 28.2 Å². The van der Waals surface area contributed by atoms with Gasteiger partial charge in [0.05, 0.1) is 19.7 Å². The van der Waals surface area contributed by atoms with Crippen LogP contribution in [0, 0.1) is 0 Å². The van der Waals surface area contributed by atoms with Gasteiger partial charge in [0.25, 0.3) is 0 Å². The van der Waals surface area contributed by atoms with Crippen molar-refractivity contribution in [2.24, 2.45) is 0 Å². The van der Waals surface area contributed by atoms with Gasteiger partial charge in [-0.05, 0) is 17.7 Å². The zero-order valence-electron chi connectivity index (χ0n) is 11.2. The second-order valence-corrected chi connectivity index (χ2v) is 4.21. The Kier molecular flexibility index (Phi) is 4.09. The number of hydrogen-bond acceptors (Lipinski definition) is 6. The molecule has 1 heterocycles. The molecule has 0 bridgehead atoms. The van der Waals surface area contributed by atoms with Gasteiger partial charge in [-0.3, -0.25) is 15.6 Å². The number of benzene rings is 1. The largest absolute Gasteiger partial charge is 0.493 e. The molecule has 106 valence electrons. The van der Waals surface area contributed by atoms with Crippen molar-refractivity contribution < 1.29 is 14.3 Å². The van der Waals surface area contributed by atoms with E-state index in [1.165, 1.54) is 21.1 Å². The van der Waals surface area contributed by atoms with Gasteiger partial charge in [-0.2, -0.15) is 4.98 Å². The maximum atomic E-state index is 11.0. The molecule has 0 radical (unpaired) electrons. The van der Waals surface area contributed by atoms with E-state index >= 15 is 0 Å². The third-order valence-corrected chi connectivity index (χ3v) is 2.70. The first kappa shape index (κ1) is 14.1. The molecule has 7 nitrogen and oxygen atoms in total. The minimum atomic E-state index is -0.256. The lowest BCUT2D eigenvalue weighted by Crippen LogP contribution is -2.27. The topological polar surface area (TPSA) is 85.4 Å². The molecule has 0 spiro atoms. The standard InChI is InChI=1S/C12H13ClN4O3/c1-6(18)16-17-11-7-4-9(19-2)10(20-3)5-8(7)14-12(13)15-11/h4-5H,1-3H3,(H,16,18)(H,14,15,17). The van der Waals surface area contributed by atoms with E-state index in [-0.39, 0.29) is 11.2 Å². The number of methoxy groups -OCH3 is 2. The van der Waals surface area contributed by atoms with Crippen LogP contribution in [-0.4, -0.2) is 30.1 Å². The molecule has 0 saturated heterocycles. The molecule has 0 aliphatic heterocycles. The summed E-state index contributed by atoms with van der Waals surface area (Å²) in [6.45, 7) is 1.38. The van der Waals surface area contributed by atoms with Crippen LogP contribution in [0.2, 0.25) is 5.28 Å². The molecule has 1 amide bonds. The summed E-state index contributed by atoms with van der Waals surface area (Å²) in [6, 6.07) is 3.38. The van der Waals surface area contributed by atoms with Crippen LogP contribution in [0.25, 0.3) is 10.9 Å². The fourth-order valence-electron chi connectivity index (χ4n) is 1.67. The van der Waals surface area contributed by atoms with Crippen LogP contribution in [0.3, 0.4) is 0 Å². The van der Waals surface area contributed by atoms with Crippen molar-refractivity contribution in [2.45, 2.75) is 6.92 Å². The van der Waals surface area contributed by atoms with E-state index in [1.54, 1.807) is 12.1 Å². The van der Waals surface area contributed by atoms with Gasteiger partial charge in [-0.15, -0.1) is 0 Å². The van der Waals surface area contributed by atoms with E-state index < -0.39 is 0 Å². The SMILES string of the molecule is COc1cc2nc(Cl)nc(NNC(C)=O)c2cc1OC. The molecule has 2 rings (SSSR count). The summed E-state index contributed by atoms with van der Waals surface area (Å²) in [6.07, 6.45) is 0. The summed E-state index contributed by atoms with van der Waals surface area (Å²) in [5.41, 5.74) is 5.69. The first-order valence-corrected chi connectivity index (χ1v) is 6.04. The van der Waals surface area contributed by atoms with Crippen molar-refractivity contribution in [3.63, 3.8) is 0 Å². The monoisotopic (exact) mass is 296 g/mol. The molecule has 0 aliphatic rings. The Morgan fingerprint density at radius 3 is 2.45 bits per heavy atom. The molecule has 20 heavy (non-hydrogen) atoms. The lowest BCUT2D eigenvalue weighted by molar-refractivity contribution is -0.118. The number of rotatable bonds is 4. The Labute approximate surface area is 120 Å². The minimum absolute atomic E-state index is 0.0533. The number of halogens is 1. The zero-order chi connectivity index (χ0) is 14.7. The van der Waals surface area contributed by atoms with Gasteiger partial charge in [-0.25, -0.2) is 4.98 Å². The molecule has 2 N–H and O–H groups in total. The average Bonchev–Trinajstić information content (AvgIpc) is 2.42. The number of anilines is 1. The number of hydrazine groups is 1. The Balaban J connectivity index is 2.58. The van der Waals surface area contributed by atoms with Gasteiger partial charge in [0.1, 0.15) is 0 Å². The summed E-state index contributed by atoms with van der Waals surface area (Å²) >= 11 is 5.86. The normalized spacial score (nSPS) is 10.2. The molecule has 0 atom stereocenters. The quantitative estimate of drug-likeness (QED) is 0.660. The first-order chi connectivity index (χ1) is 9.55.